The molecule has 7 nitrogen and oxygen atoms in total. The zero-order valence-electron chi connectivity index (χ0n) is 16.4. The van der Waals surface area contributed by atoms with E-state index in [4.69, 9.17) is 21.7 Å². The van der Waals surface area contributed by atoms with E-state index in [0.717, 1.165) is 26.5 Å². The van der Waals surface area contributed by atoms with Crippen LogP contribution in [0.25, 0.3) is 0 Å². The normalized spacial score (nSPS) is 10.1. The number of hydrogen-bond donors (Lipinski definition) is 3. The third kappa shape index (κ3) is 7.92. The average molecular weight is 559 g/mol. The van der Waals surface area contributed by atoms with Gasteiger partial charge in [0, 0.05) is 4.47 Å². The second-order valence-corrected chi connectivity index (χ2v) is 8.27. The number of hydrazine groups is 1. The third-order valence-corrected chi connectivity index (χ3v) is 5.54. The Morgan fingerprint density at radius 3 is 2.37 bits per heavy atom. The first-order chi connectivity index (χ1) is 14.3. The van der Waals surface area contributed by atoms with Gasteiger partial charge in [0.15, 0.2) is 18.3 Å². The van der Waals surface area contributed by atoms with Crippen molar-refractivity contribution in [3.05, 3.63) is 56.5 Å². The van der Waals surface area contributed by atoms with Gasteiger partial charge in [0.2, 0.25) is 0 Å². The van der Waals surface area contributed by atoms with Gasteiger partial charge in [-0.25, -0.2) is 0 Å². The van der Waals surface area contributed by atoms with Crippen LogP contribution in [-0.4, -0.2) is 30.1 Å². The molecule has 0 aliphatic rings. The Labute approximate surface area is 197 Å². The minimum absolute atomic E-state index is 0.0585. The molecule has 0 atom stereocenters. The SMILES string of the molecule is CCc1ccc(OCC(=O)NC(=S)NNC(=O)COc2ccc(Br)c(C)c2)c(Br)c1. The number of carbonyl (C=O) groups is 2. The quantitative estimate of drug-likeness (QED) is 0.356. The lowest BCUT2D eigenvalue weighted by Gasteiger charge is -2.13. The summed E-state index contributed by atoms with van der Waals surface area (Å²) < 4.78 is 12.6. The molecule has 0 aromatic heterocycles. The third-order valence-electron chi connectivity index (χ3n) is 3.83. The number of thiocarbonyl (C=S) groups is 1. The summed E-state index contributed by atoms with van der Waals surface area (Å²) >= 11 is 11.8. The van der Waals surface area contributed by atoms with Crippen molar-refractivity contribution >= 4 is 61.0 Å². The van der Waals surface area contributed by atoms with Crippen LogP contribution in [0.1, 0.15) is 18.1 Å². The fourth-order valence-electron chi connectivity index (χ4n) is 2.24. The van der Waals surface area contributed by atoms with E-state index in [1.54, 1.807) is 12.1 Å². The van der Waals surface area contributed by atoms with Gasteiger partial charge in [-0.15, -0.1) is 0 Å². The monoisotopic (exact) mass is 557 g/mol. The van der Waals surface area contributed by atoms with Gasteiger partial charge in [0.1, 0.15) is 11.5 Å². The van der Waals surface area contributed by atoms with Gasteiger partial charge < -0.3 is 9.47 Å². The average Bonchev–Trinajstić information content (AvgIpc) is 2.72. The molecule has 0 fully saturated rings. The fraction of sp³-hybridized carbons (Fsp3) is 0.250. The first-order valence-electron chi connectivity index (χ1n) is 8.97. The number of ether oxygens (including phenoxy) is 2. The second-order valence-electron chi connectivity index (χ2n) is 6.16. The number of hydrogen-bond acceptors (Lipinski definition) is 5. The second kappa shape index (κ2) is 11.9. The number of halogens is 2. The molecule has 0 saturated carbocycles. The molecule has 0 aliphatic heterocycles. The first-order valence-corrected chi connectivity index (χ1v) is 11.0. The number of carbonyl (C=O) groups excluding carboxylic acids is 2. The molecule has 2 aromatic rings. The zero-order valence-corrected chi connectivity index (χ0v) is 20.4. The van der Waals surface area contributed by atoms with E-state index in [2.05, 4.69) is 55.0 Å². The summed E-state index contributed by atoms with van der Waals surface area (Å²) in [7, 11) is 0. The fourth-order valence-corrected chi connectivity index (χ4v) is 3.19. The highest BCUT2D eigenvalue weighted by Gasteiger charge is 2.09. The van der Waals surface area contributed by atoms with Crippen LogP contribution in [0.5, 0.6) is 11.5 Å². The van der Waals surface area contributed by atoms with Crippen molar-refractivity contribution in [2.75, 3.05) is 13.2 Å². The summed E-state index contributed by atoms with van der Waals surface area (Å²) in [5.41, 5.74) is 6.94. The first kappa shape index (κ1) is 24.1. The van der Waals surface area contributed by atoms with Crippen molar-refractivity contribution in [1.82, 2.24) is 16.2 Å². The van der Waals surface area contributed by atoms with E-state index in [1.165, 1.54) is 0 Å². The summed E-state index contributed by atoms with van der Waals surface area (Å²) in [4.78, 5) is 23.8. The molecule has 2 aromatic carbocycles. The minimum atomic E-state index is -0.463. The highest BCUT2D eigenvalue weighted by molar-refractivity contribution is 9.10. The summed E-state index contributed by atoms with van der Waals surface area (Å²) in [6, 6.07) is 11.1. The molecule has 0 radical (unpaired) electrons. The van der Waals surface area contributed by atoms with Crippen molar-refractivity contribution in [2.24, 2.45) is 0 Å². The number of aryl methyl sites for hydroxylation is 2. The summed E-state index contributed by atoms with van der Waals surface area (Å²) in [5, 5.41) is 2.36. The van der Waals surface area contributed by atoms with E-state index in [-0.39, 0.29) is 18.3 Å². The molecule has 0 aliphatic carbocycles. The van der Waals surface area contributed by atoms with Gasteiger partial charge in [0.25, 0.3) is 11.8 Å². The molecule has 0 bridgehead atoms. The minimum Gasteiger partial charge on any atom is -0.484 e. The largest absolute Gasteiger partial charge is 0.484 e. The van der Waals surface area contributed by atoms with Gasteiger partial charge in [-0.2, -0.15) is 0 Å². The topological polar surface area (TPSA) is 88.7 Å². The van der Waals surface area contributed by atoms with E-state index >= 15 is 0 Å². The highest BCUT2D eigenvalue weighted by atomic mass is 79.9. The maximum absolute atomic E-state index is 12.0. The Morgan fingerprint density at radius 1 is 0.967 bits per heavy atom. The van der Waals surface area contributed by atoms with Gasteiger partial charge in [-0.1, -0.05) is 28.9 Å². The van der Waals surface area contributed by atoms with Crippen LogP contribution in [0, 0.1) is 6.92 Å². The van der Waals surface area contributed by atoms with Crippen molar-refractivity contribution in [1.29, 1.82) is 0 Å². The van der Waals surface area contributed by atoms with Gasteiger partial charge in [-0.05, 0) is 83.0 Å². The van der Waals surface area contributed by atoms with Gasteiger partial charge >= 0.3 is 0 Å². The molecular weight excluding hydrogens is 538 g/mol. The van der Waals surface area contributed by atoms with Crippen molar-refractivity contribution in [3.8, 4) is 11.5 Å². The summed E-state index contributed by atoms with van der Waals surface area (Å²) in [5.74, 6) is 0.199. The van der Waals surface area contributed by atoms with Crippen LogP contribution < -0.4 is 25.6 Å². The lowest BCUT2D eigenvalue weighted by atomic mass is 10.2. The summed E-state index contributed by atoms with van der Waals surface area (Å²) in [6.07, 6.45) is 0.902. The van der Waals surface area contributed by atoms with Crippen molar-refractivity contribution in [3.63, 3.8) is 0 Å². The molecule has 3 N–H and O–H groups in total. The van der Waals surface area contributed by atoms with E-state index in [0.29, 0.717) is 11.5 Å². The van der Waals surface area contributed by atoms with Crippen molar-refractivity contribution < 1.29 is 19.1 Å². The number of nitrogens with one attached hydrogen (secondary N) is 3. The molecule has 0 unspecified atom stereocenters. The van der Waals surface area contributed by atoms with Crippen LogP contribution in [0.15, 0.2) is 45.3 Å². The number of amides is 2. The van der Waals surface area contributed by atoms with Crippen LogP contribution in [0.3, 0.4) is 0 Å². The standard InChI is InChI=1S/C20H21Br2N3O4S/c1-3-13-4-7-17(16(22)9-13)29-10-18(26)23-20(30)25-24-19(27)11-28-14-5-6-15(21)12(2)8-14/h4-9H,3,10-11H2,1-2H3,(H,24,27)(H2,23,25,26,30). The Morgan fingerprint density at radius 2 is 1.70 bits per heavy atom. The maximum atomic E-state index is 12.0. The Kier molecular flexibility index (Phi) is 9.54. The molecule has 160 valence electrons. The molecule has 2 amide bonds. The van der Waals surface area contributed by atoms with Crippen molar-refractivity contribution in [2.45, 2.75) is 20.3 Å². The molecule has 0 heterocycles. The predicted molar refractivity (Wildman–Crippen MR) is 125 cm³/mol. The molecular formula is C20H21Br2N3O4S. The van der Waals surface area contributed by atoms with E-state index < -0.39 is 11.8 Å². The molecule has 0 spiro atoms. The van der Waals surface area contributed by atoms with Gasteiger partial charge in [0.05, 0.1) is 4.47 Å². The molecule has 2 rings (SSSR count). The number of benzene rings is 2. The number of rotatable bonds is 7. The Balaban J connectivity index is 1.68. The lowest BCUT2D eigenvalue weighted by molar-refractivity contribution is -0.124. The summed E-state index contributed by atoms with van der Waals surface area (Å²) in [6.45, 7) is 3.53. The molecule has 0 saturated heterocycles. The van der Waals surface area contributed by atoms with Crippen LogP contribution >= 0.6 is 44.1 Å². The smallest absolute Gasteiger partial charge is 0.276 e. The lowest BCUT2D eigenvalue weighted by Crippen LogP contribution is -2.50. The predicted octanol–water partition coefficient (Wildman–Crippen LogP) is 3.56. The highest BCUT2D eigenvalue weighted by Crippen LogP contribution is 2.26. The zero-order chi connectivity index (χ0) is 22.1. The molecule has 30 heavy (non-hydrogen) atoms. The Bertz CT molecular complexity index is 940. The van der Waals surface area contributed by atoms with Gasteiger partial charge in [-0.3, -0.25) is 25.8 Å². The van der Waals surface area contributed by atoms with Crippen LogP contribution in [0.4, 0.5) is 0 Å². The van der Waals surface area contributed by atoms with Crippen LogP contribution in [0.2, 0.25) is 0 Å². The molecule has 10 heteroatoms. The van der Waals surface area contributed by atoms with Crippen LogP contribution in [-0.2, 0) is 16.0 Å². The van der Waals surface area contributed by atoms with E-state index in [9.17, 15) is 9.59 Å². The Hall–Kier alpha value is -2.17. The maximum Gasteiger partial charge on any atom is 0.276 e. The van der Waals surface area contributed by atoms with E-state index in [1.807, 2.05) is 31.2 Å².